The van der Waals surface area contributed by atoms with Gasteiger partial charge in [0.25, 0.3) is 0 Å². The summed E-state index contributed by atoms with van der Waals surface area (Å²) in [6.07, 6.45) is 0. The third-order valence-corrected chi connectivity index (χ3v) is 11.3. The second-order valence-electron chi connectivity index (χ2n) is 15.1. The van der Waals surface area contributed by atoms with Gasteiger partial charge in [-0.25, -0.2) is 15.0 Å². The van der Waals surface area contributed by atoms with Gasteiger partial charge in [0.15, 0.2) is 11.4 Å². The number of furan rings is 1. The maximum Gasteiger partial charge on any atom is 0.162 e. The summed E-state index contributed by atoms with van der Waals surface area (Å²) in [5, 5.41) is 2.11. The van der Waals surface area contributed by atoms with Gasteiger partial charge in [0.1, 0.15) is 11.5 Å². The standard InChI is InChI=1S/C57H37N3O/c1-5-15-38(16-6-1)40-25-29-42(30-26-40)50-37-51(60-57(59-50)47-35-27-41(28-36-47)39-17-7-2-8-18-39)43-31-33-45(34-32-43)54-56-53(48-23-13-14-24-49(48)58-54)52(44-19-9-3-10-20-44)55(61-56)46-21-11-4-12-22-46/h1-37H. The van der Waals surface area contributed by atoms with Crippen molar-refractivity contribution in [2.45, 2.75) is 0 Å². The van der Waals surface area contributed by atoms with E-state index in [0.29, 0.717) is 5.82 Å². The highest BCUT2D eigenvalue weighted by molar-refractivity contribution is 6.18. The van der Waals surface area contributed by atoms with Crippen molar-refractivity contribution in [1.82, 2.24) is 15.0 Å². The van der Waals surface area contributed by atoms with Crippen LogP contribution < -0.4 is 0 Å². The highest BCUT2D eigenvalue weighted by Gasteiger charge is 2.24. The van der Waals surface area contributed by atoms with Gasteiger partial charge >= 0.3 is 0 Å². The van der Waals surface area contributed by atoms with Gasteiger partial charge in [-0.1, -0.05) is 212 Å². The van der Waals surface area contributed by atoms with E-state index in [1.54, 1.807) is 0 Å². The van der Waals surface area contributed by atoms with Crippen LogP contribution in [0.15, 0.2) is 229 Å². The molecule has 0 aliphatic rings. The maximum absolute atomic E-state index is 6.97. The number of rotatable bonds is 8. The summed E-state index contributed by atoms with van der Waals surface area (Å²) in [6.45, 7) is 0. The first-order valence-electron chi connectivity index (χ1n) is 20.5. The molecule has 0 radical (unpaired) electrons. The molecule has 0 spiro atoms. The van der Waals surface area contributed by atoms with Gasteiger partial charge in [-0.05, 0) is 39.9 Å². The van der Waals surface area contributed by atoms with Gasteiger partial charge in [-0.2, -0.15) is 0 Å². The lowest BCUT2D eigenvalue weighted by Crippen LogP contribution is -1.96. The maximum atomic E-state index is 6.97. The molecule has 0 saturated heterocycles. The van der Waals surface area contributed by atoms with Crippen LogP contribution >= 0.6 is 0 Å². The lowest BCUT2D eigenvalue weighted by molar-refractivity contribution is 0.632. The lowest BCUT2D eigenvalue weighted by atomic mass is 9.95. The quantitative estimate of drug-likeness (QED) is 0.154. The van der Waals surface area contributed by atoms with Crippen molar-refractivity contribution in [1.29, 1.82) is 0 Å². The predicted octanol–water partition coefficient (Wildman–Crippen LogP) is 15.1. The summed E-state index contributed by atoms with van der Waals surface area (Å²) >= 11 is 0. The van der Waals surface area contributed by atoms with Crippen molar-refractivity contribution < 1.29 is 4.42 Å². The van der Waals surface area contributed by atoms with Crippen LogP contribution in [0.3, 0.4) is 0 Å². The van der Waals surface area contributed by atoms with Crippen molar-refractivity contribution in [2.75, 3.05) is 0 Å². The Morgan fingerprint density at radius 3 is 1.26 bits per heavy atom. The van der Waals surface area contributed by atoms with Gasteiger partial charge in [0, 0.05) is 44.2 Å². The van der Waals surface area contributed by atoms with E-state index in [1.807, 2.05) is 30.3 Å². The summed E-state index contributed by atoms with van der Waals surface area (Å²) in [6, 6.07) is 77.8. The van der Waals surface area contributed by atoms with Crippen LogP contribution in [-0.2, 0) is 0 Å². The topological polar surface area (TPSA) is 51.8 Å². The number of para-hydroxylation sites is 1. The fourth-order valence-corrected chi connectivity index (χ4v) is 8.25. The average Bonchev–Trinajstić information content (AvgIpc) is 3.76. The summed E-state index contributed by atoms with van der Waals surface area (Å²) in [7, 11) is 0. The van der Waals surface area contributed by atoms with E-state index in [2.05, 4.69) is 194 Å². The van der Waals surface area contributed by atoms with Crippen LogP contribution in [0.25, 0.3) is 112 Å². The Labute approximate surface area is 354 Å². The van der Waals surface area contributed by atoms with Crippen LogP contribution in [0.4, 0.5) is 0 Å². The summed E-state index contributed by atoms with van der Waals surface area (Å²) in [5.41, 5.74) is 15.9. The van der Waals surface area contributed by atoms with E-state index < -0.39 is 0 Å². The second-order valence-corrected chi connectivity index (χ2v) is 15.1. The number of hydrogen-bond donors (Lipinski definition) is 0. The molecule has 4 heteroatoms. The Morgan fingerprint density at radius 2 is 0.721 bits per heavy atom. The third kappa shape index (κ3) is 6.86. The molecule has 0 bridgehead atoms. The van der Waals surface area contributed by atoms with Crippen LogP contribution in [0.2, 0.25) is 0 Å². The Morgan fingerprint density at radius 1 is 0.311 bits per heavy atom. The van der Waals surface area contributed by atoms with Crippen molar-refractivity contribution in [3.63, 3.8) is 0 Å². The molecule has 0 amide bonds. The zero-order valence-electron chi connectivity index (χ0n) is 33.1. The number of hydrogen-bond acceptors (Lipinski definition) is 4. The van der Waals surface area contributed by atoms with Gasteiger partial charge in [-0.15, -0.1) is 0 Å². The molecule has 0 N–H and O–H groups in total. The number of nitrogens with zero attached hydrogens (tertiary/aromatic N) is 3. The largest absolute Gasteiger partial charge is 0.453 e. The third-order valence-electron chi connectivity index (χ3n) is 11.3. The number of aromatic nitrogens is 3. The number of pyridine rings is 1. The first kappa shape index (κ1) is 35.9. The molecule has 4 nitrogen and oxygen atoms in total. The van der Waals surface area contributed by atoms with Crippen LogP contribution in [0, 0.1) is 0 Å². The molecule has 0 unspecified atom stereocenters. The molecule has 0 atom stereocenters. The molecule has 3 heterocycles. The minimum absolute atomic E-state index is 0.665. The van der Waals surface area contributed by atoms with E-state index >= 15 is 0 Å². The Kier molecular flexibility index (Phi) is 9.14. The first-order valence-corrected chi connectivity index (χ1v) is 20.5. The van der Waals surface area contributed by atoms with Gasteiger partial charge < -0.3 is 4.42 Å². The lowest BCUT2D eigenvalue weighted by Gasteiger charge is -2.11. The highest BCUT2D eigenvalue weighted by Crippen LogP contribution is 2.46. The molecular formula is C57H37N3O. The second kappa shape index (κ2) is 15.5. The molecule has 0 saturated carbocycles. The van der Waals surface area contributed by atoms with Crippen LogP contribution in [0.1, 0.15) is 0 Å². The summed E-state index contributed by atoms with van der Waals surface area (Å²) in [4.78, 5) is 15.6. The molecule has 0 aliphatic carbocycles. The van der Waals surface area contributed by atoms with Crippen molar-refractivity contribution in [3.8, 4) is 89.9 Å². The Hall–Kier alpha value is -8.21. The molecule has 286 valence electrons. The molecule has 11 aromatic rings. The molecule has 0 fully saturated rings. The van der Waals surface area contributed by atoms with Gasteiger partial charge in [-0.3, -0.25) is 0 Å². The predicted molar refractivity (Wildman–Crippen MR) is 251 cm³/mol. The molecule has 11 rings (SSSR count). The Bertz CT molecular complexity index is 3190. The molecule has 61 heavy (non-hydrogen) atoms. The fourth-order valence-electron chi connectivity index (χ4n) is 8.25. The van der Waals surface area contributed by atoms with E-state index in [1.165, 1.54) is 11.1 Å². The van der Waals surface area contributed by atoms with E-state index in [0.717, 1.165) is 94.8 Å². The normalized spacial score (nSPS) is 11.3. The summed E-state index contributed by atoms with van der Waals surface area (Å²) in [5.74, 6) is 1.49. The minimum Gasteiger partial charge on any atom is -0.453 e. The van der Waals surface area contributed by atoms with Crippen molar-refractivity contribution in [2.24, 2.45) is 0 Å². The minimum atomic E-state index is 0.665. The zero-order chi connectivity index (χ0) is 40.5. The number of benzene rings is 8. The van der Waals surface area contributed by atoms with Gasteiger partial charge in [0.2, 0.25) is 0 Å². The van der Waals surface area contributed by atoms with E-state index in [-0.39, 0.29) is 0 Å². The molecule has 3 aromatic heterocycles. The zero-order valence-corrected chi connectivity index (χ0v) is 33.1. The van der Waals surface area contributed by atoms with Crippen molar-refractivity contribution in [3.05, 3.63) is 224 Å². The van der Waals surface area contributed by atoms with E-state index in [4.69, 9.17) is 19.4 Å². The molecule has 8 aromatic carbocycles. The number of fused-ring (bicyclic) bond motifs is 3. The molecular weight excluding hydrogens is 743 g/mol. The van der Waals surface area contributed by atoms with Gasteiger partial charge in [0.05, 0.1) is 16.9 Å². The smallest absolute Gasteiger partial charge is 0.162 e. The SMILES string of the molecule is c1ccc(-c2ccc(-c3cc(-c4ccc(-c5nc6ccccc6c6c(-c7ccccc7)c(-c7ccccc7)oc56)cc4)nc(-c4ccc(-c5ccccc5)cc4)n3)cc2)cc1. The average molecular weight is 780 g/mol. The van der Waals surface area contributed by atoms with E-state index in [9.17, 15) is 0 Å². The van der Waals surface area contributed by atoms with Crippen molar-refractivity contribution >= 4 is 21.9 Å². The van der Waals surface area contributed by atoms with Crippen LogP contribution in [-0.4, -0.2) is 15.0 Å². The molecule has 0 aliphatic heterocycles. The Balaban J connectivity index is 1.04. The van der Waals surface area contributed by atoms with Crippen LogP contribution in [0.5, 0.6) is 0 Å². The fraction of sp³-hybridized carbons (Fsp3) is 0. The first-order chi connectivity index (χ1) is 30.2. The summed E-state index contributed by atoms with van der Waals surface area (Å²) < 4.78 is 6.97. The highest BCUT2D eigenvalue weighted by atomic mass is 16.3. The monoisotopic (exact) mass is 779 g/mol.